The second-order valence-corrected chi connectivity index (χ2v) is 7.07. The maximum absolute atomic E-state index is 11.0. The third-order valence-electron chi connectivity index (χ3n) is 2.67. The first kappa shape index (κ1) is 14.1. The molecule has 0 saturated heterocycles. The van der Waals surface area contributed by atoms with E-state index in [0.717, 1.165) is 16.3 Å². The molecule has 2 aromatic rings. The predicted octanol–water partition coefficient (Wildman–Crippen LogP) is 3.91. The lowest BCUT2D eigenvalue weighted by Crippen LogP contribution is -2.27. The van der Waals surface area contributed by atoms with Gasteiger partial charge in [-0.1, -0.05) is 30.3 Å². The number of hydrogen-bond acceptors (Lipinski definition) is 4. The van der Waals surface area contributed by atoms with E-state index in [9.17, 15) is 4.79 Å². The fraction of sp³-hybridized carbons (Fsp3) is 0.286. The number of benzene rings is 1. The van der Waals surface area contributed by atoms with Gasteiger partial charge >= 0.3 is 5.97 Å². The highest BCUT2D eigenvalue weighted by atomic mass is 32.2. The maximum Gasteiger partial charge on any atom is 0.319 e. The first-order chi connectivity index (χ1) is 8.99. The van der Waals surface area contributed by atoms with Crippen molar-refractivity contribution < 1.29 is 9.90 Å². The van der Waals surface area contributed by atoms with E-state index in [0.29, 0.717) is 5.75 Å². The van der Waals surface area contributed by atoms with Crippen molar-refractivity contribution >= 4 is 29.1 Å². The van der Waals surface area contributed by atoms with Crippen LogP contribution in [-0.4, -0.2) is 20.8 Å². The largest absolute Gasteiger partial charge is 0.480 e. The summed E-state index contributed by atoms with van der Waals surface area (Å²) in [5.41, 5.74) is 2.03. The van der Waals surface area contributed by atoms with Crippen molar-refractivity contribution in [3.63, 3.8) is 0 Å². The standard InChI is InChI=1S/C14H15NO2S2/c1-14(2,13(16)17)19-9-11-8-18-12(15-11)10-6-4-3-5-7-10/h3-8H,9H2,1-2H3,(H,16,17). The minimum atomic E-state index is -0.795. The molecule has 0 aliphatic rings. The summed E-state index contributed by atoms with van der Waals surface area (Å²) in [6, 6.07) is 9.99. The van der Waals surface area contributed by atoms with Crippen molar-refractivity contribution in [2.75, 3.05) is 0 Å². The van der Waals surface area contributed by atoms with E-state index >= 15 is 0 Å². The molecular formula is C14H15NO2S2. The Balaban J connectivity index is 2.05. The van der Waals surface area contributed by atoms with E-state index in [1.165, 1.54) is 11.8 Å². The predicted molar refractivity (Wildman–Crippen MR) is 80.6 cm³/mol. The summed E-state index contributed by atoms with van der Waals surface area (Å²) in [7, 11) is 0. The molecule has 1 aromatic carbocycles. The molecule has 1 heterocycles. The zero-order valence-electron chi connectivity index (χ0n) is 10.8. The Morgan fingerprint density at radius 1 is 1.37 bits per heavy atom. The normalized spacial score (nSPS) is 11.5. The number of rotatable bonds is 5. The van der Waals surface area contributed by atoms with Crippen molar-refractivity contribution in [2.45, 2.75) is 24.3 Å². The Bertz CT molecular complexity index is 564. The van der Waals surface area contributed by atoms with Gasteiger partial charge in [-0.25, -0.2) is 4.98 Å². The van der Waals surface area contributed by atoms with Gasteiger partial charge < -0.3 is 5.11 Å². The Kier molecular flexibility index (Phi) is 4.27. The lowest BCUT2D eigenvalue weighted by atomic mass is 10.2. The molecule has 0 aliphatic heterocycles. The molecular weight excluding hydrogens is 278 g/mol. The number of carboxylic acids is 1. The monoisotopic (exact) mass is 293 g/mol. The highest BCUT2D eigenvalue weighted by molar-refractivity contribution is 8.00. The number of aromatic nitrogens is 1. The molecule has 0 amide bonds. The fourth-order valence-corrected chi connectivity index (χ4v) is 3.11. The first-order valence-corrected chi connectivity index (χ1v) is 7.73. The summed E-state index contributed by atoms with van der Waals surface area (Å²) in [5.74, 6) is -0.182. The number of hydrogen-bond donors (Lipinski definition) is 1. The van der Waals surface area contributed by atoms with Gasteiger partial charge in [-0.05, 0) is 13.8 Å². The molecule has 2 rings (SSSR count). The number of carbonyl (C=O) groups is 1. The highest BCUT2D eigenvalue weighted by Gasteiger charge is 2.27. The van der Waals surface area contributed by atoms with E-state index in [4.69, 9.17) is 5.11 Å². The van der Waals surface area contributed by atoms with Crippen LogP contribution >= 0.6 is 23.1 Å². The second kappa shape index (κ2) is 5.75. The van der Waals surface area contributed by atoms with Gasteiger partial charge in [0, 0.05) is 16.7 Å². The summed E-state index contributed by atoms with van der Waals surface area (Å²) in [5, 5.41) is 12.0. The summed E-state index contributed by atoms with van der Waals surface area (Å²) >= 11 is 2.98. The number of thioether (sulfide) groups is 1. The molecule has 0 radical (unpaired) electrons. The van der Waals surface area contributed by atoms with Crippen molar-refractivity contribution in [3.05, 3.63) is 41.4 Å². The molecule has 5 heteroatoms. The number of aliphatic carboxylic acids is 1. The van der Waals surface area contributed by atoms with Gasteiger partial charge in [-0.2, -0.15) is 0 Å². The van der Waals surface area contributed by atoms with Crippen LogP contribution in [0.5, 0.6) is 0 Å². The molecule has 1 N–H and O–H groups in total. The van der Waals surface area contributed by atoms with Crippen LogP contribution in [0.15, 0.2) is 35.7 Å². The van der Waals surface area contributed by atoms with E-state index in [1.54, 1.807) is 25.2 Å². The second-order valence-electron chi connectivity index (χ2n) is 4.61. The average Bonchev–Trinajstić information content (AvgIpc) is 2.86. The topological polar surface area (TPSA) is 50.2 Å². The van der Waals surface area contributed by atoms with Crippen LogP contribution in [0, 0.1) is 0 Å². The van der Waals surface area contributed by atoms with E-state index in [1.807, 2.05) is 35.7 Å². The molecule has 0 aliphatic carbocycles. The van der Waals surface area contributed by atoms with E-state index < -0.39 is 10.7 Å². The van der Waals surface area contributed by atoms with Gasteiger partial charge in [-0.15, -0.1) is 23.1 Å². The fourth-order valence-electron chi connectivity index (χ4n) is 1.40. The van der Waals surface area contributed by atoms with Crippen LogP contribution in [0.1, 0.15) is 19.5 Å². The average molecular weight is 293 g/mol. The van der Waals surface area contributed by atoms with Gasteiger partial charge in [0.2, 0.25) is 0 Å². The molecule has 100 valence electrons. The Hall–Kier alpha value is -1.33. The smallest absolute Gasteiger partial charge is 0.319 e. The quantitative estimate of drug-likeness (QED) is 0.908. The van der Waals surface area contributed by atoms with Gasteiger partial charge in [0.1, 0.15) is 9.75 Å². The SMILES string of the molecule is CC(C)(SCc1csc(-c2ccccc2)n1)C(=O)O. The van der Waals surface area contributed by atoms with Gasteiger partial charge in [0.05, 0.1) is 5.69 Å². The molecule has 1 aromatic heterocycles. The van der Waals surface area contributed by atoms with Gasteiger partial charge in [-0.3, -0.25) is 4.79 Å². The molecule has 0 unspecified atom stereocenters. The molecule has 0 spiro atoms. The van der Waals surface area contributed by atoms with E-state index in [2.05, 4.69) is 4.98 Å². The lowest BCUT2D eigenvalue weighted by Gasteiger charge is -2.17. The molecule has 0 atom stereocenters. The first-order valence-electron chi connectivity index (χ1n) is 5.86. The Morgan fingerprint density at radius 3 is 2.68 bits per heavy atom. The summed E-state index contributed by atoms with van der Waals surface area (Å²) in [4.78, 5) is 15.6. The molecule has 19 heavy (non-hydrogen) atoms. The van der Waals surface area contributed by atoms with Crippen LogP contribution in [0.4, 0.5) is 0 Å². The molecule has 3 nitrogen and oxygen atoms in total. The summed E-state index contributed by atoms with van der Waals surface area (Å²) in [6.07, 6.45) is 0. The Morgan fingerprint density at radius 2 is 2.05 bits per heavy atom. The van der Waals surface area contributed by atoms with Crippen LogP contribution in [0.25, 0.3) is 10.6 Å². The molecule has 0 fully saturated rings. The number of nitrogens with zero attached hydrogens (tertiary/aromatic N) is 1. The van der Waals surface area contributed by atoms with Gasteiger partial charge in [0.15, 0.2) is 0 Å². The zero-order valence-corrected chi connectivity index (χ0v) is 12.4. The van der Waals surface area contributed by atoms with Gasteiger partial charge in [0.25, 0.3) is 0 Å². The van der Waals surface area contributed by atoms with Crippen molar-refractivity contribution in [3.8, 4) is 10.6 Å². The highest BCUT2D eigenvalue weighted by Crippen LogP contribution is 2.30. The van der Waals surface area contributed by atoms with Crippen molar-refractivity contribution in [1.82, 2.24) is 4.98 Å². The van der Waals surface area contributed by atoms with Crippen molar-refractivity contribution in [2.24, 2.45) is 0 Å². The Labute approximate surface area is 120 Å². The third kappa shape index (κ3) is 3.58. The molecule has 0 bridgehead atoms. The van der Waals surface area contributed by atoms with Crippen LogP contribution in [0.3, 0.4) is 0 Å². The number of thiazole rings is 1. The van der Waals surface area contributed by atoms with Crippen LogP contribution < -0.4 is 0 Å². The lowest BCUT2D eigenvalue weighted by molar-refractivity contribution is -0.138. The number of carboxylic acid groups (broad SMARTS) is 1. The third-order valence-corrected chi connectivity index (χ3v) is 4.95. The van der Waals surface area contributed by atoms with Crippen molar-refractivity contribution in [1.29, 1.82) is 0 Å². The molecule has 0 saturated carbocycles. The summed E-state index contributed by atoms with van der Waals surface area (Å²) < 4.78 is -0.781. The van der Waals surface area contributed by atoms with E-state index in [-0.39, 0.29) is 0 Å². The van der Waals surface area contributed by atoms with Crippen LogP contribution in [0.2, 0.25) is 0 Å². The minimum absolute atomic E-state index is 0.614. The summed E-state index contributed by atoms with van der Waals surface area (Å²) in [6.45, 7) is 3.43. The maximum atomic E-state index is 11.0. The zero-order chi connectivity index (χ0) is 13.9. The van der Waals surface area contributed by atoms with Crippen LogP contribution in [-0.2, 0) is 10.5 Å². The minimum Gasteiger partial charge on any atom is -0.480 e.